The van der Waals surface area contributed by atoms with Gasteiger partial charge in [-0.05, 0) is 83.1 Å². The molecular formula is C36H27BrIN3O7S. The second kappa shape index (κ2) is 14.9. The minimum absolute atomic E-state index is 0.00693. The Morgan fingerprint density at radius 1 is 1.08 bits per heavy atom. The monoisotopic (exact) mass is 851 g/mol. The molecule has 0 bridgehead atoms. The fourth-order valence-corrected chi connectivity index (χ4v) is 8.09. The van der Waals surface area contributed by atoms with E-state index in [0.29, 0.717) is 43.2 Å². The summed E-state index contributed by atoms with van der Waals surface area (Å²) in [5.74, 6) is 0.604. The smallest absolute Gasteiger partial charge is 0.338 e. The van der Waals surface area contributed by atoms with E-state index in [2.05, 4.69) is 38.5 Å². The van der Waals surface area contributed by atoms with Crippen LogP contribution in [0.3, 0.4) is 0 Å². The molecule has 10 nitrogen and oxygen atoms in total. The molecule has 0 unspecified atom stereocenters. The van der Waals surface area contributed by atoms with Crippen LogP contribution < -0.4 is 24.4 Å². The van der Waals surface area contributed by atoms with Crippen molar-refractivity contribution in [3.8, 4) is 11.5 Å². The average Bonchev–Trinajstić information content (AvgIpc) is 3.41. The molecule has 13 heteroatoms. The standard InChI is InChI=1S/C36H27BrIN3O7S/c1-3-47-35(43)30-31(22-7-5-4-6-8-22)39-36-40(32(30)23-11-15-27(46-2)16-12-23)34(42)29(49-36)18-24-17-25(37)19-28(38)33(24)48-20-21-9-13-26(14-10-21)41(44)45/h4-19,32H,3,20H2,1-2H3/b29-18-/t32-/m1/s1. The SMILES string of the molecule is CCOC(=O)C1=C(c2ccccc2)N=c2s/c(=C\c3cc(Br)cc(I)c3OCc3ccc([N+](=O)[O-])cc3)c(=O)n2[C@@H]1c1ccc(OC)cc1. The summed E-state index contributed by atoms with van der Waals surface area (Å²) in [5.41, 5.74) is 3.11. The van der Waals surface area contributed by atoms with E-state index in [0.717, 1.165) is 13.6 Å². The summed E-state index contributed by atoms with van der Waals surface area (Å²) in [6, 6.07) is 25.6. The quantitative estimate of drug-likeness (QED) is 0.0656. The summed E-state index contributed by atoms with van der Waals surface area (Å²) in [5, 5.41) is 11.1. The fourth-order valence-electron chi connectivity index (χ4n) is 5.39. The normalized spacial score (nSPS) is 14.2. The predicted molar refractivity (Wildman–Crippen MR) is 198 cm³/mol. The van der Waals surface area contributed by atoms with Crippen molar-refractivity contribution in [3.63, 3.8) is 0 Å². The van der Waals surface area contributed by atoms with E-state index in [4.69, 9.17) is 19.2 Å². The van der Waals surface area contributed by atoms with E-state index in [1.807, 2.05) is 54.6 Å². The number of rotatable bonds is 10. The Morgan fingerprint density at radius 2 is 1.80 bits per heavy atom. The van der Waals surface area contributed by atoms with Crippen molar-refractivity contribution in [3.05, 3.63) is 157 Å². The van der Waals surface area contributed by atoms with Crippen LogP contribution in [0, 0.1) is 13.7 Å². The van der Waals surface area contributed by atoms with E-state index in [1.165, 1.54) is 28.0 Å². The van der Waals surface area contributed by atoms with Crippen LogP contribution in [0.15, 0.2) is 111 Å². The largest absolute Gasteiger partial charge is 0.497 e. The molecule has 0 fully saturated rings. The number of methoxy groups -OCH3 is 1. The zero-order valence-electron chi connectivity index (χ0n) is 26.1. The highest BCUT2D eigenvalue weighted by atomic mass is 127. The van der Waals surface area contributed by atoms with E-state index in [-0.39, 0.29) is 30.0 Å². The molecule has 0 N–H and O–H groups in total. The second-order valence-electron chi connectivity index (χ2n) is 10.7. The molecule has 4 aromatic carbocycles. The van der Waals surface area contributed by atoms with Gasteiger partial charge in [0, 0.05) is 27.7 Å². The van der Waals surface area contributed by atoms with Crippen LogP contribution in [0.1, 0.15) is 35.2 Å². The van der Waals surface area contributed by atoms with Crippen LogP contribution in [0.2, 0.25) is 0 Å². The van der Waals surface area contributed by atoms with Crippen molar-refractivity contribution in [2.45, 2.75) is 19.6 Å². The third-order valence-electron chi connectivity index (χ3n) is 7.66. The first kappa shape index (κ1) is 34.3. The third-order valence-corrected chi connectivity index (χ3v) is 9.90. The van der Waals surface area contributed by atoms with Gasteiger partial charge in [0.25, 0.3) is 11.2 Å². The zero-order valence-corrected chi connectivity index (χ0v) is 30.7. The Balaban J connectivity index is 1.52. The Morgan fingerprint density at radius 3 is 2.45 bits per heavy atom. The lowest BCUT2D eigenvalue weighted by atomic mass is 9.93. The van der Waals surface area contributed by atoms with Crippen LogP contribution in [0.4, 0.5) is 5.69 Å². The summed E-state index contributed by atoms with van der Waals surface area (Å²) in [7, 11) is 1.57. The van der Waals surface area contributed by atoms with E-state index in [1.54, 1.807) is 44.4 Å². The molecule has 6 rings (SSSR count). The first-order valence-corrected chi connectivity index (χ1v) is 17.6. The van der Waals surface area contributed by atoms with Crippen molar-refractivity contribution in [1.29, 1.82) is 0 Å². The molecule has 0 spiro atoms. The lowest BCUT2D eigenvalue weighted by molar-refractivity contribution is -0.384. The molecule has 0 saturated carbocycles. The highest BCUT2D eigenvalue weighted by molar-refractivity contribution is 14.1. The Bertz CT molecular complexity index is 2270. The fraction of sp³-hybridized carbons (Fsp3) is 0.139. The van der Waals surface area contributed by atoms with Gasteiger partial charge in [0.1, 0.15) is 18.1 Å². The zero-order chi connectivity index (χ0) is 34.7. The molecular weight excluding hydrogens is 825 g/mol. The summed E-state index contributed by atoms with van der Waals surface area (Å²) < 4.78 is 20.7. The van der Waals surface area contributed by atoms with Gasteiger partial charge in [0.05, 0.1) is 44.1 Å². The maximum absolute atomic E-state index is 14.4. The van der Waals surface area contributed by atoms with Gasteiger partial charge in [-0.15, -0.1) is 0 Å². The number of esters is 1. The van der Waals surface area contributed by atoms with E-state index in [9.17, 15) is 19.7 Å². The molecule has 1 aliphatic rings. The molecule has 1 aliphatic heterocycles. The minimum atomic E-state index is -0.834. The molecule has 0 amide bonds. The second-order valence-corrected chi connectivity index (χ2v) is 13.8. The maximum Gasteiger partial charge on any atom is 0.338 e. The Kier molecular flexibility index (Phi) is 10.4. The first-order chi connectivity index (χ1) is 23.7. The summed E-state index contributed by atoms with van der Waals surface area (Å²) in [6.07, 6.45) is 1.75. The number of non-ortho nitro benzene ring substituents is 1. The van der Waals surface area contributed by atoms with Crippen LogP contribution in [-0.2, 0) is 16.1 Å². The lowest BCUT2D eigenvalue weighted by Gasteiger charge is -2.26. The van der Waals surface area contributed by atoms with Crippen molar-refractivity contribution >= 4 is 73.3 Å². The number of aromatic nitrogens is 1. The highest BCUT2D eigenvalue weighted by Crippen LogP contribution is 2.36. The Hall–Kier alpha value is -4.60. The Labute approximate surface area is 306 Å². The van der Waals surface area contributed by atoms with Crippen LogP contribution in [0.5, 0.6) is 11.5 Å². The number of ether oxygens (including phenoxy) is 3. The third kappa shape index (κ3) is 7.23. The first-order valence-electron chi connectivity index (χ1n) is 15.0. The van der Waals surface area contributed by atoms with Crippen LogP contribution in [-0.4, -0.2) is 29.2 Å². The van der Waals surface area contributed by atoms with Gasteiger partial charge in [-0.3, -0.25) is 19.5 Å². The van der Waals surface area contributed by atoms with Gasteiger partial charge in [-0.1, -0.05) is 69.7 Å². The molecule has 0 radical (unpaired) electrons. The number of hydrogen-bond acceptors (Lipinski definition) is 9. The van der Waals surface area contributed by atoms with E-state index < -0.39 is 16.9 Å². The number of fused-ring (bicyclic) bond motifs is 1. The van der Waals surface area contributed by atoms with Crippen molar-refractivity contribution in [2.75, 3.05) is 13.7 Å². The molecule has 49 heavy (non-hydrogen) atoms. The van der Waals surface area contributed by atoms with Gasteiger partial charge in [0.15, 0.2) is 4.80 Å². The van der Waals surface area contributed by atoms with E-state index >= 15 is 0 Å². The number of benzene rings is 4. The van der Waals surface area contributed by atoms with Gasteiger partial charge in [-0.25, -0.2) is 9.79 Å². The van der Waals surface area contributed by atoms with Crippen molar-refractivity contribution < 1.29 is 23.9 Å². The number of carbonyl (C=O) groups is 1. The molecule has 2 heterocycles. The molecule has 1 atom stereocenters. The maximum atomic E-state index is 14.4. The number of nitro groups is 1. The van der Waals surface area contributed by atoms with Crippen LogP contribution in [0.25, 0.3) is 11.8 Å². The number of carbonyl (C=O) groups excluding carboxylic acids is 1. The number of hydrogen-bond donors (Lipinski definition) is 0. The summed E-state index contributed by atoms with van der Waals surface area (Å²) >= 11 is 6.94. The number of nitrogens with zero attached hydrogens (tertiary/aromatic N) is 3. The average molecular weight is 853 g/mol. The van der Waals surface area contributed by atoms with Gasteiger partial charge >= 0.3 is 5.97 Å². The predicted octanol–water partition coefficient (Wildman–Crippen LogP) is 6.80. The van der Waals surface area contributed by atoms with Crippen LogP contribution >= 0.6 is 49.9 Å². The lowest BCUT2D eigenvalue weighted by Crippen LogP contribution is -2.40. The highest BCUT2D eigenvalue weighted by Gasteiger charge is 2.35. The molecule has 1 aromatic heterocycles. The van der Waals surface area contributed by atoms with Crippen molar-refractivity contribution in [1.82, 2.24) is 4.57 Å². The summed E-state index contributed by atoms with van der Waals surface area (Å²) in [4.78, 5) is 44.1. The van der Waals surface area contributed by atoms with Gasteiger partial charge in [0.2, 0.25) is 0 Å². The van der Waals surface area contributed by atoms with Gasteiger partial charge in [-0.2, -0.15) is 0 Å². The minimum Gasteiger partial charge on any atom is -0.497 e. The van der Waals surface area contributed by atoms with Crippen molar-refractivity contribution in [2.24, 2.45) is 4.99 Å². The van der Waals surface area contributed by atoms with Gasteiger partial charge < -0.3 is 14.2 Å². The molecule has 0 saturated heterocycles. The number of nitro benzene ring substituents is 1. The number of thiazole rings is 1. The molecule has 248 valence electrons. The summed E-state index contributed by atoms with van der Waals surface area (Å²) in [6.45, 7) is 2.03. The number of halogens is 2. The topological polar surface area (TPSA) is 122 Å². The molecule has 5 aromatic rings. The molecule has 0 aliphatic carbocycles.